The minimum Gasteiger partial charge on any atom is -0.490 e. The molecule has 9 nitrogen and oxygen atoms in total. The molecular formula is C25H35F3N6O3. The van der Waals surface area contributed by atoms with E-state index in [4.69, 9.17) is 15.2 Å². The fourth-order valence-electron chi connectivity index (χ4n) is 4.63. The Kier molecular flexibility index (Phi) is 8.93. The summed E-state index contributed by atoms with van der Waals surface area (Å²) in [5.41, 5.74) is 8.31. The maximum Gasteiger partial charge on any atom is 0.415 e. The SMILES string of the molecule is Cn1cnc2c(N=C(N)/C=C\NC3CCCOC3)cc(OC3CCC(NC[C@@H](O)C(F)(F)F)CC3)cc21. The van der Waals surface area contributed by atoms with E-state index < -0.39 is 18.8 Å². The molecule has 1 saturated carbocycles. The predicted molar refractivity (Wildman–Crippen MR) is 135 cm³/mol. The van der Waals surface area contributed by atoms with Crippen LogP contribution in [0.1, 0.15) is 38.5 Å². The molecule has 2 heterocycles. The molecule has 37 heavy (non-hydrogen) atoms. The number of ether oxygens (including phenoxy) is 2. The van der Waals surface area contributed by atoms with E-state index in [0.29, 0.717) is 55.1 Å². The summed E-state index contributed by atoms with van der Waals surface area (Å²) in [5.74, 6) is 0.953. The summed E-state index contributed by atoms with van der Waals surface area (Å²) in [6.45, 7) is 0.968. The third-order valence-electron chi connectivity index (χ3n) is 6.73. The van der Waals surface area contributed by atoms with Crippen LogP contribution >= 0.6 is 0 Å². The lowest BCUT2D eigenvalue weighted by Crippen LogP contribution is -2.44. The monoisotopic (exact) mass is 524 g/mol. The van der Waals surface area contributed by atoms with Gasteiger partial charge in [0.2, 0.25) is 0 Å². The molecular weight excluding hydrogens is 489 g/mol. The number of hydrogen-bond donors (Lipinski definition) is 4. The van der Waals surface area contributed by atoms with Gasteiger partial charge in [-0.25, -0.2) is 9.98 Å². The highest BCUT2D eigenvalue weighted by Gasteiger charge is 2.38. The summed E-state index contributed by atoms with van der Waals surface area (Å²) in [5, 5.41) is 15.3. The molecule has 1 aromatic carbocycles. The Morgan fingerprint density at radius 2 is 2.08 bits per heavy atom. The molecule has 1 unspecified atom stereocenters. The molecule has 0 amide bonds. The molecule has 2 aromatic rings. The van der Waals surface area contributed by atoms with Gasteiger partial charge in [0.1, 0.15) is 17.1 Å². The van der Waals surface area contributed by atoms with Crippen LogP contribution in [0.3, 0.4) is 0 Å². The van der Waals surface area contributed by atoms with Gasteiger partial charge in [0.25, 0.3) is 0 Å². The van der Waals surface area contributed by atoms with Crippen molar-refractivity contribution < 1.29 is 27.8 Å². The number of alkyl halides is 3. The average Bonchev–Trinajstić information content (AvgIpc) is 3.24. The summed E-state index contributed by atoms with van der Waals surface area (Å²) in [6, 6.07) is 3.89. The molecule has 5 N–H and O–H groups in total. The van der Waals surface area contributed by atoms with E-state index in [0.717, 1.165) is 25.0 Å². The van der Waals surface area contributed by atoms with Gasteiger partial charge in [-0.2, -0.15) is 13.2 Å². The van der Waals surface area contributed by atoms with Crippen LogP contribution in [0.5, 0.6) is 5.75 Å². The van der Waals surface area contributed by atoms with E-state index in [2.05, 4.69) is 20.6 Å². The predicted octanol–water partition coefficient (Wildman–Crippen LogP) is 3.05. The van der Waals surface area contributed by atoms with Gasteiger partial charge in [-0.1, -0.05) is 0 Å². The van der Waals surface area contributed by atoms with Gasteiger partial charge < -0.3 is 35.5 Å². The lowest BCUT2D eigenvalue weighted by Gasteiger charge is -2.30. The van der Waals surface area contributed by atoms with Crippen LogP contribution in [0.15, 0.2) is 35.7 Å². The topological polar surface area (TPSA) is 119 Å². The molecule has 204 valence electrons. The molecule has 12 heteroatoms. The van der Waals surface area contributed by atoms with Crippen molar-refractivity contribution in [3.8, 4) is 5.75 Å². The number of nitrogens with zero attached hydrogens (tertiary/aromatic N) is 3. The van der Waals surface area contributed by atoms with Crippen molar-refractivity contribution in [3.63, 3.8) is 0 Å². The first kappa shape index (κ1) is 27.2. The van der Waals surface area contributed by atoms with E-state index in [1.54, 1.807) is 18.6 Å². The first-order chi connectivity index (χ1) is 17.7. The van der Waals surface area contributed by atoms with E-state index in [9.17, 15) is 18.3 Å². The van der Waals surface area contributed by atoms with Crippen molar-refractivity contribution in [2.45, 2.75) is 69.0 Å². The molecule has 2 fully saturated rings. The molecule has 1 aromatic heterocycles. The van der Waals surface area contributed by atoms with Crippen LogP contribution in [0.2, 0.25) is 0 Å². The maximum absolute atomic E-state index is 12.5. The van der Waals surface area contributed by atoms with Gasteiger partial charge in [0.15, 0.2) is 6.10 Å². The largest absolute Gasteiger partial charge is 0.490 e. The van der Waals surface area contributed by atoms with Crippen LogP contribution in [0.25, 0.3) is 11.0 Å². The molecule has 4 rings (SSSR count). The minimum atomic E-state index is -4.61. The van der Waals surface area contributed by atoms with Crippen LogP contribution in [0, 0.1) is 0 Å². The zero-order chi connectivity index (χ0) is 26.4. The molecule has 0 spiro atoms. The fourth-order valence-corrected chi connectivity index (χ4v) is 4.63. The van der Waals surface area contributed by atoms with Crippen molar-refractivity contribution in [2.75, 3.05) is 19.8 Å². The van der Waals surface area contributed by atoms with E-state index in [1.807, 2.05) is 23.7 Å². The number of nitrogens with one attached hydrogen (secondary N) is 2. The number of aliphatic hydroxyl groups excluding tert-OH is 1. The van der Waals surface area contributed by atoms with Gasteiger partial charge in [0.05, 0.1) is 30.2 Å². The van der Waals surface area contributed by atoms with Crippen LogP contribution < -0.4 is 21.1 Å². The molecule has 2 atom stereocenters. The summed E-state index contributed by atoms with van der Waals surface area (Å²) in [6.07, 6.45) is 2.91. The highest BCUT2D eigenvalue weighted by molar-refractivity contribution is 5.97. The normalized spacial score (nSPS) is 24.5. The van der Waals surface area contributed by atoms with E-state index in [1.165, 1.54) is 0 Å². The third-order valence-corrected chi connectivity index (χ3v) is 6.73. The second-order valence-corrected chi connectivity index (χ2v) is 9.67. The van der Waals surface area contributed by atoms with Crippen molar-refractivity contribution in [1.82, 2.24) is 20.2 Å². The second kappa shape index (κ2) is 12.1. The molecule has 2 aliphatic rings. The average molecular weight is 525 g/mol. The first-order valence-electron chi connectivity index (χ1n) is 12.6. The van der Waals surface area contributed by atoms with Crippen LogP contribution in [0.4, 0.5) is 18.9 Å². The van der Waals surface area contributed by atoms with Crippen molar-refractivity contribution in [1.29, 1.82) is 0 Å². The third kappa shape index (κ3) is 7.59. The Bertz CT molecular complexity index is 1090. The molecule has 0 radical (unpaired) electrons. The maximum atomic E-state index is 12.5. The number of nitrogens with two attached hydrogens (primary N) is 1. The molecule has 0 bridgehead atoms. The summed E-state index contributed by atoms with van der Waals surface area (Å²) in [7, 11) is 1.89. The number of amidine groups is 1. The number of aliphatic hydroxyl groups is 1. The number of fused-ring (bicyclic) bond motifs is 1. The second-order valence-electron chi connectivity index (χ2n) is 9.67. The number of halogens is 3. The lowest BCUT2D eigenvalue weighted by atomic mass is 9.93. The standard InChI is InChI=1S/C25H35F3N6O3/c1-34-15-32-24-20(33-23(29)8-9-30-17-3-2-10-36-14-17)11-19(12-21(24)34)37-18-6-4-16(5-7-18)31-13-22(35)25(26,27)28/h8-9,11-12,15-18,22,30-31,35H,2-7,10,13-14H2,1H3,(H2,29,33)/b9-8-/t16?,17?,18?,22-/m1/s1. The van der Waals surface area contributed by atoms with Gasteiger partial charge >= 0.3 is 6.18 Å². The first-order valence-corrected chi connectivity index (χ1v) is 12.6. The lowest BCUT2D eigenvalue weighted by molar-refractivity contribution is -0.202. The van der Waals surface area contributed by atoms with E-state index in [-0.39, 0.29) is 18.2 Å². The zero-order valence-corrected chi connectivity index (χ0v) is 20.9. The number of aromatic nitrogens is 2. The summed E-state index contributed by atoms with van der Waals surface area (Å²) >= 11 is 0. The van der Waals surface area contributed by atoms with Gasteiger partial charge in [-0.05, 0) is 44.6 Å². The number of aryl methyl sites for hydroxylation is 1. The Labute approximate surface area is 213 Å². The minimum absolute atomic E-state index is 0.0766. The van der Waals surface area contributed by atoms with Gasteiger partial charge in [0, 0.05) is 50.6 Å². The van der Waals surface area contributed by atoms with Gasteiger partial charge in [-0.15, -0.1) is 0 Å². The highest BCUT2D eigenvalue weighted by Crippen LogP contribution is 2.33. The Hall–Kier alpha value is -2.83. The van der Waals surface area contributed by atoms with Crippen molar-refractivity contribution in [2.24, 2.45) is 17.8 Å². The van der Waals surface area contributed by atoms with Crippen molar-refractivity contribution >= 4 is 22.6 Å². The Balaban J connectivity index is 1.37. The number of rotatable bonds is 9. The highest BCUT2D eigenvalue weighted by atomic mass is 19.4. The smallest absolute Gasteiger partial charge is 0.415 e. The number of aliphatic imine (C=N–C) groups is 1. The summed E-state index contributed by atoms with van der Waals surface area (Å²) < 4.78 is 51.2. The quantitative estimate of drug-likeness (QED) is 0.294. The van der Waals surface area contributed by atoms with E-state index >= 15 is 0 Å². The van der Waals surface area contributed by atoms with Crippen LogP contribution in [-0.2, 0) is 11.8 Å². The Morgan fingerprint density at radius 3 is 2.78 bits per heavy atom. The zero-order valence-electron chi connectivity index (χ0n) is 20.9. The number of hydrogen-bond acceptors (Lipinski definition) is 7. The summed E-state index contributed by atoms with van der Waals surface area (Å²) in [4.78, 5) is 9.02. The Morgan fingerprint density at radius 1 is 1.30 bits per heavy atom. The fraction of sp³-hybridized carbons (Fsp3) is 0.600. The molecule has 1 aliphatic carbocycles. The number of benzene rings is 1. The van der Waals surface area contributed by atoms with Gasteiger partial charge in [-0.3, -0.25) is 0 Å². The van der Waals surface area contributed by atoms with Crippen LogP contribution in [-0.4, -0.2) is 70.7 Å². The van der Waals surface area contributed by atoms with Crippen molar-refractivity contribution in [3.05, 3.63) is 30.7 Å². The molecule has 1 aliphatic heterocycles. The molecule has 1 saturated heterocycles. The number of imidazole rings is 1.